The van der Waals surface area contributed by atoms with E-state index in [1.165, 1.54) is 12.1 Å². The Bertz CT molecular complexity index is 1070. The van der Waals surface area contributed by atoms with Gasteiger partial charge in [-0.3, -0.25) is 0 Å². The van der Waals surface area contributed by atoms with Crippen molar-refractivity contribution >= 4 is 16.9 Å². The van der Waals surface area contributed by atoms with Gasteiger partial charge in [-0.25, -0.2) is 13.6 Å². The first-order valence-electron chi connectivity index (χ1n) is 8.18. The lowest BCUT2D eigenvalue weighted by Gasteiger charge is -2.11. The van der Waals surface area contributed by atoms with Crippen molar-refractivity contribution in [2.75, 3.05) is 0 Å². The van der Waals surface area contributed by atoms with Crippen molar-refractivity contribution in [3.8, 4) is 5.75 Å². The number of rotatable bonds is 6. The number of fused-ring (bicyclic) bond motifs is 1. The quantitative estimate of drug-likeness (QED) is 0.621. The van der Waals surface area contributed by atoms with Crippen molar-refractivity contribution < 1.29 is 27.8 Å². The highest BCUT2D eigenvalue weighted by atomic mass is 19.1. The number of halogens is 2. The summed E-state index contributed by atoms with van der Waals surface area (Å²) in [6, 6.07) is 7.99. The molecule has 27 heavy (non-hydrogen) atoms. The minimum absolute atomic E-state index is 0.0224. The smallest absolute Gasteiger partial charge is 0.339 e. The maximum absolute atomic E-state index is 13.7. The predicted octanol–water partition coefficient (Wildman–Crippen LogP) is 2.64. The molecule has 0 aliphatic rings. The number of ether oxygens (including phenoxy) is 1. The fourth-order valence-corrected chi connectivity index (χ4v) is 2.78. The number of carboxylic acid groups (broad SMARTS) is 1. The van der Waals surface area contributed by atoms with Crippen LogP contribution in [0.4, 0.5) is 8.78 Å². The lowest BCUT2D eigenvalue weighted by atomic mass is 10.0. The SMILES string of the molecule is Cc1c(CCC(=O)[O-])c(=O)oc2cc(OCc3ccc(F)cc3F)ccc12. The summed E-state index contributed by atoms with van der Waals surface area (Å²) in [5.74, 6) is -2.29. The van der Waals surface area contributed by atoms with Crippen LogP contribution < -0.4 is 15.5 Å². The molecule has 3 aromatic rings. The highest BCUT2D eigenvalue weighted by Crippen LogP contribution is 2.25. The number of carbonyl (C=O) groups is 1. The number of benzene rings is 2. The Morgan fingerprint density at radius 1 is 1.19 bits per heavy atom. The Labute approximate surface area is 152 Å². The van der Waals surface area contributed by atoms with E-state index in [2.05, 4.69) is 0 Å². The van der Waals surface area contributed by atoms with Gasteiger partial charge in [0.2, 0.25) is 0 Å². The lowest BCUT2D eigenvalue weighted by Crippen LogP contribution is -2.24. The molecule has 140 valence electrons. The zero-order valence-corrected chi connectivity index (χ0v) is 14.4. The minimum Gasteiger partial charge on any atom is -0.550 e. The maximum atomic E-state index is 13.7. The normalized spacial score (nSPS) is 10.9. The van der Waals surface area contributed by atoms with Crippen LogP contribution in [0, 0.1) is 18.6 Å². The standard InChI is InChI=1S/C20H16F2O5/c1-11-15-5-4-14(26-10-12-2-3-13(21)8-17(12)22)9-18(15)27-20(25)16(11)6-7-19(23)24/h2-5,8-9H,6-7,10H2,1H3,(H,23,24)/p-1. The number of carboxylic acids is 1. The first kappa shape index (κ1) is 18.6. The van der Waals surface area contributed by atoms with Gasteiger partial charge in [-0.2, -0.15) is 0 Å². The summed E-state index contributed by atoms with van der Waals surface area (Å²) in [6.45, 7) is 1.59. The van der Waals surface area contributed by atoms with Crippen LogP contribution in [-0.2, 0) is 17.8 Å². The molecule has 0 unspecified atom stereocenters. The van der Waals surface area contributed by atoms with Crippen LogP contribution in [0.3, 0.4) is 0 Å². The largest absolute Gasteiger partial charge is 0.550 e. The van der Waals surface area contributed by atoms with E-state index >= 15 is 0 Å². The van der Waals surface area contributed by atoms with Crippen LogP contribution in [0.1, 0.15) is 23.1 Å². The molecule has 1 aromatic heterocycles. The molecule has 0 radical (unpaired) electrons. The number of aryl methyl sites for hydroxylation is 1. The molecule has 0 spiro atoms. The zero-order chi connectivity index (χ0) is 19.6. The second-order valence-electron chi connectivity index (χ2n) is 6.05. The van der Waals surface area contributed by atoms with Gasteiger partial charge in [0.25, 0.3) is 0 Å². The molecule has 5 nitrogen and oxygen atoms in total. The van der Waals surface area contributed by atoms with Gasteiger partial charge in [0.1, 0.15) is 29.6 Å². The molecule has 0 saturated heterocycles. The maximum Gasteiger partial charge on any atom is 0.339 e. The summed E-state index contributed by atoms with van der Waals surface area (Å²) in [7, 11) is 0. The van der Waals surface area contributed by atoms with E-state index in [9.17, 15) is 23.5 Å². The topological polar surface area (TPSA) is 79.6 Å². The molecule has 0 aliphatic carbocycles. The molecule has 2 aromatic carbocycles. The number of aliphatic carboxylic acids is 1. The Balaban J connectivity index is 1.86. The van der Waals surface area contributed by atoms with Gasteiger partial charge in [0, 0.05) is 34.6 Å². The van der Waals surface area contributed by atoms with Gasteiger partial charge in [-0.15, -0.1) is 0 Å². The Morgan fingerprint density at radius 2 is 1.96 bits per heavy atom. The van der Waals surface area contributed by atoms with Crippen LogP contribution in [-0.4, -0.2) is 5.97 Å². The molecule has 0 aliphatic heterocycles. The first-order valence-corrected chi connectivity index (χ1v) is 8.18. The molecule has 0 atom stereocenters. The molecular weight excluding hydrogens is 358 g/mol. The van der Waals surface area contributed by atoms with Crippen molar-refractivity contribution in [3.05, 3.63) is 75.1 Å². The monoisotopic (exact) mass is 373 g/mol. The van der Waals surface area contributed by atoms with E-state index in [0.29, 0.717) is 16.7 Å². The van der Waals surface area contributed by atoms with E-state index < -0.39 is 23.2 Å². The molecule has 0 fully saturated rings. The van der Waals surface area contributed by atoms with Crippen molar-refractivity contribution in [3.63, 3.8) is 0 Å². The predicted molar refractivity (Wildman–Crippen MR) is 91.2 cm³/mol. The van der Waals surface area contributed by atoms with E-state index in [4.69, 9.17) is 9.15 Å². The van der Waals surface area contributed by atoms with Gasteiger partial charge in [0.15, 0.2) is 0 Å². The second-order valence-corrected chi connectivity index (χ2v) is 6.05. The fraction of sp³-hybridized carbons (Fsp3) is 0.200. The van der Waals surface area contributed by atoms with E-state index in [-0.39, 0.29) is 36.2 Å². The summed E-state index contributed by atoms with van der Waals surface area (Å²) < 4.78 is 37.4. The Morgan fingerprint density at radius 3 is 2.67 bits per heavy atom. The molecular formula is C20H15F2O5-. The highest BCUT2D eigenvalue weighted by molar-refractivity contribution is 5.82. The Hall–Kier alpha value is -3.22. The summed E-state index contributed by atoms with van der Waals surface area (Å²) in [4.78, 5) is 22.8. The molecule has 0 saturated carbocycles. The average Bonchev–Trinajstić information content (AvgIpc) is 2.60. The van der Waals surface area contributed by atoms with Gasteiger partial charge in [-0.05, 0) is 49.6 Å². The highest BCUT2D eigenvalue weighted by Gasteiger charge is 2.12. The second kappa shape index (κ2) is 7.57. The number of hydrogen-bond donors (Lipinski definition) is 0. The molecule has 0 amide bonds. The molecule has 7 heteroatoms. The average molecular weight is 373 g/mol. The summed E-state index contributed by atoms with van der Waals surface area (Å²) in [5.41, 5.74) is 0.744. The summed E-state index contributed by atoms with van der Waals surface area (Å²) in [6.07, 6.45) is -0.254. The fourth-order valence-electron chi connectivity index (χ4n) is 2.78. The van der Waals surface area contributed by atoms with Crippen LogP contribution in [0.2, 0.25) is 0 Å². The van der Waals surface area contributed by atoms with Crippen molar-refractivity contribution in [2.45, 2.75) is 26.4 Å². The zero-order valence-electron chi connectivity index (χ0n) is 14.4. The molecule has 3 rings (SSSR count). The van der Waals surface area contributed by atoms with E-state index in [1.807, 2.05) is 0 Å². The molecule has 0 N–H and O–H groups in total. The number of hydrogen-bond acceptors (Lipinski definition) is 5. The van der Waals surface area contributed by atoms with Gasteiger partial charge in [0.05, 0.1) is 0 Å². The van der Waals surface area contributed by atoms with Crippen LogP contribution >= 0.6 is 0 Å². The van der Waals surface area contributed by atoms with Crippen molar-refractivity contribution in [1.29, 1.82) is 0 Å². The van der Waals surface area contributed by atoms with Crippen molar-refractivity contribution in [2.24, 2.45) is 0 Å². The molecule has 0 bridgehead atoms. The van der Waals surface area contributed by atoms with Crippen LogP contribution in [0.5, 0.6) is 5.75 Å². The van der Waals surface area contributed by atoms with E-state index in [1.54, 1.807) is 19.1 Å². The van der Waals surface area contributed by atoms with Crippen LogP contribution in [0.25, 0.3) is 11.0 Å². The third kappa shape index (κ3) is 4.13. The summed E-state index contributed by atoms with van der Waals surface area (Å²) in [5, 5.41) is 11.3. The van der Waals surface area contributed by atoms with Gasteiger partial charge in [-0.1, -0.05) is 0 Å². The summed E-state index contributed by atoms with van der Waals surface area (Å²) >= 11 is 0. The molecule has 1 heterocycles. The van der Waals surface area contributed by atoms with Crippen LogP contribution in [0.15, 0.2) is 45.6 Å². The first-order chi connectivity index (χ1) is 12.8. The van der Waals surface area contributed by atoms with Gasteiger partial charge >= 0.3 is 5.63 Å². The van der Waals surface area contributed by atoms with E-state index in [0.717, 1.165) is 12.1 Å². The minimum atomic E-state index is -1.24. The third-order valence-electron chi connectivity index (χ3n) is 4.25. The number of carbonyl (C=O) groups excluding carboxylic acids is 1. The van der Waals surface area contributed by atoms with Gasteiger partial charge < -0.3 is 19.1 Å². The van der Waals surface area contributed by atoms with Crippen molar-refractivity contribution in [1.82, 2.24) is 0 Å². The lowest BCUT2D eigenvalue weighted by molar-refractivity contribution is -0.305. The third-order valence-corrected chi connectivity index (χ3v) is 4.25. The Kier molecular flexibility index (Phi) is 5.21.